The van der Waals surface area contributed by atoms with E-state index >= 15 is 0 Å². The van der Waals surface area contributed by atoms with Gasteiger partial charge in [0.25, 0.3) is 5.91 Å². The SMILES string of the molecule is COc1ccc(C(=O)Nc2cccc(C(=O)OCc3ccc(S(=O)(=O)N4CCOCC4)cc3)c2)cc1. The molecule has 0 aliphatic carbocycles. The van der Waals surface area contributed by atoms with Crippen LogP contribution in [0.25, 0.3) is 0 Å². The number of amides is 1. The Labute approximate surface area is 209 Å². The van der Waals surface area contributed by atoms with Gasteiger partial charge in [-0.15, -0.1) is 0 Å². The summed E-state index contributed by atoms with van der Waals surface area (Å²) in [6.45, 7) is 1.36. The van der Waals surface area contributed by atoms with Crippen molar-refractivity contribution in [1.82, 2.24) is 4.31 Å². The minimum atomic E-state index is -3.59. The summed E-state index contributed by atoms with van der Waals surface area (Å²) in [5, 5.41) is 2.76. The second-order valence-electron chi connectivity index (χ2n) is 8.00. The molecule has 9 nitrogen and oxygen atoms in total. The molecule has 10 heteroatoms. The predicted octanol–water partition coefficient (Wildman–Crippen LogP) is 3.33. The molecule has 0 radical (unpaired) electrons. The first kappa shape index (κ1) is 25.4. The number of morpholine rings is 1. The number of hydrogen-bond donors (Lipinski definition) is 1. The maximum Gasteiger partial charge on any atom is 0.338 e. The summed E-state index contributed by atoms with van der Waals surface area (Å²) < 4.78 is 42.5. The first-order valence-corrected chi connectivity index (χ1v) is 12.7. The first-order chi connectivity index (χ1) is 17.4. The number of sulfonamides is 1. The molecule has 0 bridgehead atoms. The van der Waals surface area contributed by atoms with E-state index in [9.17, 15) is 18.0 Å². The maximum atomic E-state index is 12.7. The smallest absolute Gasteiger partial charge is 0.338 e. The van der Waals surface area contributed by atoms with Gasteiger partial charge in [-0.3, -0.25) is 4.79 Å². The average molecular weight is 511 g/mol. The van der Waals surface area contributed by atoms with Crippen molar-refractivity contribution in [2.75, 3.05) is 38.7 Å². The molecule has 1 N–H and O–H groups in total. The summed E-state index contributed by atoms with van der Waals surface area (Å²) in [7, 11) is -2.04. The van der Waals surface area contributed by atoms with Gasteiger partial charge in [0.1, 0.15) is 12.4 Å². The lowest BCUT2D eigenvalue weighted by Crippen LogP contribution is -2.40. The molecule has 1 aliphatic heterocycles. The zero-order chi connectivity index (χ0) is 25.5. The van der Waals surface area contributed by atoms with Gasteiger partial charge < -0.3 is 19.5 Å². The van der Waals surface area contributed by atoms with Crippen LogP contribution in [-0.2, 0) is 26.1 Å². The second-order valence-corrected chi connectivity index (χ2v) is 9.94. The van der Waals surface area contributed by atoms with E-state index in [4.69, 9.17) is 14.2 Å². The zero-order valence-electron chi connectivity index (χ0n) is 19.7. The number of nitrogens with one attached hydrogen (secondary N) is 1. The van der Waals surface area contributed by atoms with Crippen molar-refractivity contribution in [3.63, 3.8) is 0 Å². The van der Waals surface area contributed by atoms with Crippen LogP contribution < -0.4 is 10.1 Å². The molecule has 3 aromatic carbocycles. The van der Waals surface area contributed by atoms with Crippen molar-refractivity contribution < 1.29 is 32.2 Å². The van der Waals surface area contributed by atoms with Gasteiger partial charge in [0, 0.05) is 24.3 Å². The standard InChI is InChI=1S/C26H26N2O7S/c1-33-23-9-7-20(8-10-23)25(29)27-22-4-2-3-21(17-22)26(30)35-18-19-5-11-24(12-6-19)36(31,32)28-13-15-34-16-14-28/h2-12,17H,13-16,18H2,1H3,(H,27,29). The highest BCUT2D eigenvalue weighted by molar-refractivity contribution is 7.89. The number of ether oxygens (including phenoxy) is 3. The lowest BCUT2D eigenvalue weighted by molar-refractivity contribution is 0.0472. The second kappa shape index (κ2) is 11.3. The molecule has 0 saturated carbocycles. The van der Waals surface area contributed by atoms with Crippen LogP contribution in [0.3, 0.4) is 0 Å². The summed E-state index contributed by atoms with van der Waals surface area (Å²) in [6, 6.07) is 19.3. The molecule has 3 aromatic rings. The Morgan fingerprint density at radius 1 is 0.944 bits per heavy atom. The van der Waals surface area contributed by atoms with E-state index in [0.717, 1.165) is 0 Å². The number of anilines is 1. The molecular formula is C26H26N2O7S. The Balaban J connectivity index is 1.34. The van der Waals surface area contributed by atoms with Gasteiger partial charge >= 0.3 is 5.97 Å². The van der Waals surface area contributed by atoms with E-state index in [1.165, 1.54) is 22.5 Å². The van der Waals surface area contributed by atoms with E-state index in [1.54, 1.807) is 61.7 Å². The molecular weight excluding hydrogens is 484 g/mol. The van der Waals surface area contributed by atoms with Crippen molar-refractivity contribution in [3.8, 4) is 5.75 Å². The molecule has 1 amide bonds. The topological polar surface area (TPSA) is 111 Å². The number of esters is 1. The highest BCUT2D eigenvalue weighted by Gasteiger charge is 2.26. The van der Waals surface area contributed by atoms with Gasteiger partial charge in [0.15, 0.2) is 0 Å². The summed E-state index contributed by atoms with van der Waals surface area (Å²) in [5.41, 5.74) is 1.81. The minimum Gasteiger partial charge on any atom is -0.497 e. The van der Waals surface area contributed by atoms with E-state index in [1.807, 2.05) is 0 Å². The molecule has 0 spiro atoms. The Morgan fingerprint density at radius 3 is 2.31 bits per heavy atom. The zero-order valence-corrected chi connectivity index (χ0v) is 20.5. The van der Waals surface area contributed by atoms with Crippen molar-refractivity contribution in [2.24, 2.45) is 0 Å². The fourth-order valence-corrected chi connectivity index (χ4v) is 5.00. The number of methoxy groups -OCH3 is 1. The van der Waals surface area contributed by atoms with Crippen LogP contribution in [0.1, 0.15) is 26.3 Å². The Morgan fingerprint density at radius 2 is 1.64 bits per heavy atom. The lowest BCUT2D eigenvalue weighted by Gasteiger charge is -2.26. The van der Waals surface area contributed by atoms with Crippen LogP contribution in [0, 0.1) is 0 Å². The van der Waals surface area contributed by atoms with E-state index in [-0.39, 0.29) is 23.0 Å². The van der Waals surface area contributed by atoms with Crippen LogP contribution in [0.15, 0.2) is 77.7 Å². The molecule has 36 heavy (non-hydrogen) atoms. The maximum absolute atomic E-state index is 12.7. The van der Waals surface area contributed by atoms with Crippen molar-refractivity contribution >= 4 is 27.6 Å². The monoisotopic (exact) mass is 510 g/mol. The Kier molecular flexibility index (Phi) is 7.99. The minimum absolute atomic E-state index is 0.0286. The van der Waals surface area contributed by atoms with Gasteiger partial charge in [-0.25, -0.2) is 13.2 Å². The molecule has 188 valence electrons. The highest BCUT2D eigenvalue weighted by Crippen LogP contribution is 2.19. The summed E-state index contributed by atoms with van der Waals surface area (Å²) in [4.78, 5) is 25.2. The number of carbonyl (C=O) groups is 2. The molecule has 0 aromatic heterocycles. The Hall–Kier alpha value is -3.73. The van der Waals surface area contributed by atoms with Crippen molar-refractivity contribution in [2.45, 2.75) is 11.5 Å². The largest absolute Gasteiger partial charge is 0.497 e. The fraction of sp³-hybridized carbons (Fsp3) is 0.231. The summed E-state index contributed by atoms with van der Waals surface area (Å²) in [5.74, 6) is -0.250. The van der Waals surface area contributed by atoms with E-state index in [2.05, 4.69) is 5.32 Å². The number of carbonyl (C=O) groups excluding carboxylic acids is 2. The lowest BCUT2D eigenvalue weighted by atomic mass is 10.1. The third-order valence-electron chi connectivity index (χ3n) is 5.61. The van der Waals surface area contributed by atoms with Gasteiger partial charge in [-0.1, -0.05) is 18.2 Å². The average Bonchev–Trinajstić information content (AvgIpc) is 2.92. The van der Waals surface area contributed by atoms with Gasteiger partial charge in [0.2, 0.25) is 10.0 Å². The quantitative estimate of drug-likeness (QED) is 0.463. The molecule has 1 saturated heterocycles. The number of hydrogen-bond acceptors (Lipinski definition) is 7. The molecule has 1 fully saturated rings. The highest BCUT2D eigenvalue weighted by atomic mass is 32.2. The third-order valence-corrected chi connectivity index (χ3v) is 7.52. The van der Waals surface area contributed by atoms with E-state index in [0.29, 0.717) is 48.9 Å². The molecule has 0 unspecified atom stereocenters. The van der Waals surface area contributed by atoms with Crippen LogP contribution in [0.5, 0.6) is 5.75 Å². The van der Waals surface area contributed by atoms with Gasteiger partial charge in [-0.2, -0.15) is 4.31 Å². The van der Waals surface area contributed by atoms with Crippen LogP contribution in [-0.4, -0.2) is 58.0 Å². The van der Waals surface area contributed by atoms with E-state index < -0.39 is 16.0 Å². The summed E-state index contributed by atoms with van der Waals surface area (Å²) >= 11 is 0. The fourth-order valence-electron chi connectivity index (χ4n) is 3.60. The predicted molar refractivity (Wildman–Crippen MR) is 133 cm³/mol. The van der Waals surface area contributed by atoms with Crippen molar-refractivity contribution in [3.05, 3.63) is 89.5 Å². The van der Waals surface area contributed by atoms with Gasteiger partial charge in [0.05, 0.1) is 30.8 Å². The van der Waals surface area contributed by atoms with Crippen LogP contribution in [0.2, 0.25) is 0 Å². The summed E-state index contributed by atoms with van der Waals surface area (Å²) in [6.07, 6.45) is 0. The molecule has 1 aliphatic rings. The molecule has 0 atom stereocenters. The first-order valence-electron chi connectivity index (χ1n) is 11.3. The molecule has 1 heterocycles. The van der Waals surface area contributed by atoms with Gasteiger partial charge in [-0.05, 0) is 60.2 Å². The van der Waals surface area contributed by atoms with Crippen LogP contribution in [0.4, 0.5) is 5.69 Å². The number of nitrogens with zero attached hydrogens (tertiary/aromatic N) is 1. The number of benzene rings is 3. The van der Waals surface area contributed by atoms with Crippen LogP contribution >= 0.6 is 0 Å². The Bertz CT molecular complexity index is 1320. The third kappa shape index (κ3) is 6.09. The van der Waals surface area contributed by atoms with Crippen molar-refractivity contribution in [1.29, 1.82) is 0 Å². The molecule has 4 rings (SSSR count). The number of rotatable bonds is 8. The normalized spacial score (nSPS) is 14.1.